The lowest BCUT2D eigenvalue weighted by Gasteiger charge is -2.27. The molecule has 0 spiro atoms. The van der Waals surface area contributed by atoms with E-state index < -0.39 is 16.1 Å². The Morgan fingerprint density at radius 2 is 2.08 bits per heavy atom. The molecule has 0 bridgehead atoms. The number of morpholine rings is 1. The van der Waals surface area contributed by atoms with Crippen molar-refractivity contribution in [2.45, 2.75) is 31.3 Å². The van der Waals surface area contributed by atoms with E-state index in [0.29, 0.717) is 44.1 Å². The summed E-state index contributed by atoms with van der Waals surface area (Å²) in [5.74, 6) is -0.0645. The first-order valence-corrected chi connectivity index (χ1v) is 10.2. The standard InChI is InChI=1S/C17H25N3O4S.ClH/c1-3-19(4-2)25(22,23)14-5-6-15-13(11-14)7-9-20(15)17(21)16-12-18-8-10-24-16;/h5-6,11,16,18H,3-4,7-10,12H2,1-2H3;1H. The van der Waals surface area contributed by atoms with Crippen molar-refractivity contribution in [1.82, 2.24) is 9.62 Å². The van der Waals surface area contributed by atoms with E-state index in [9.17, 15) is 13.2 Å². The van der Waals surface area contributed by atoms with Gasteiger partial charge in [-0.15, -0.1) is 12.4 Å². The van der Waals surface area contributed by atoms with E-state index in [2.05, 4.69) is 5.32 Å². The van der Waals surface area contributed by atoms with Crippen LogP contribution < -0.4 is 10.2 Å². The summed E-state index contributed by atoms with van der Waals surface area (Å²) < 4.78 is 32.3. The van der Waals surface area contributed by atoms with Crippen LogP contribution in [0, 0.1) is 0 Å². The molecule has 2 heterocycles. The molecule has 0 aliphatic carbocycles. The summed E-state index contributed by atoms with van der Waals surface area (Å²) >= 11 is 0. The second-order valence-corrected chi connectivity index (χ2v) is 8.12. The number of nitrogens with zero attached hydrogens (tertiary/aromatic N) is 2. The van der Waals surface area contributed by atoms with Gasteiger partial charge in [-0.3, -0.25) is 4.79 Å². The summed E-state index contributed by atoms with van der Waals surface area (Å²) in [5, 5.41) is 3.16. The number of hydrogen-bond acceptors (Lipinski definition) is 5. The van der Waals surface area contributed by atoms with E-state index in [1.807, 2.05) is 13.8 Å². The fourth-order valence-electron chi connectivity index (χ4n) is 3.38. The first kappa shape index (κ1) is 21.1. The van der Waals surface area contributed by atoms with Gasteiger partial charge in [0, 0.05) is 38.4 Å². The Hall–Kier alpha value is -1.19. The van der Waals surface area contributed by atoms with Gasteiger partial charge in [0.1, 0.15) is 6.10 Å². The topological polar surface area (TPSA) is 79.0 Å². The molecule has 1 amide bonds. The summed E-state index contributed by atoms with van der Waals surface area (Å²) in [6.07, 6.45) is 0.182. The van der Waals surface area contributed by atoms with Gasteiger partial charge < -0.3 is 15.0 Å². The second kappa shape index (κ2) is 8.67. The molecule has 1 fully saturated rings. The van der Waals surface area contributed by atoms with E-state index in [-0.39, 0.29) is 18.3 Å². The van der Waals surface area contributed by atoms with E-state index >= 15 is 0 Å². The van der Waals surface area contributed by atoms with Crippen LogP contribution >= 0.6 is 12.4 Å². The van der Waals surface area contributed by atoms with Gasteiger partial charge in [-0.25, -0.2) is 8.42 Å². The lowest BCUT2D eigenvalue weighted by molar-refractivity contribution is -0.131. The van der Waals surface area contributed by atoms with Crippen LogP contribution in [0.1, 0.15) is 19.4 Å². The van der Waals surface area contributed by atoms with Gasteiger partial charge >= 0.3 is 0 Å². The van der Waals surface area contributed by atoms with Crippen molar-refractivity contribution in [2.24, 2.45) is 0 Å². The van der Waals surface area contributed by atoms with Crippen LogP contribution in [-0.4, -0.2) is 64.1 Å². The van der Waals surface area contributed by atoms with E-state index in [4.69, 9.17) is 4.74 Å². The number of carbonyl (C=O) groups is 1. The molecule has 9 heteroatoms. The highest BCUT2D eigenvalue weighted by molar-refractivity contribution is 7.89. The minimum Gasteiger partial charge on any atom is -0.366 e. The number of anilines is 1. The third-order valence-corrected chi connectivity index (χ3v) is 6.80. The van der Waals surface area contributed by atoms with Crippen molar-refractivity contribution >= 4 is 34.0 Å². The minimum absolute atomic E-state index is 0. The Labute approximate surface area is 161 Å². The third kappa shape index (κ3) is 3.89. The first-order chi connectivity index (χ1) is 12.0. The molecule has 26 heavy (non-hydrogen) atoms. The van der Waals surface area contributed by atoms with Crippen molar-refractivity contribution < 1.29 is 17.9 Å². The van der Waals surface area contributed by atoms with Crippen LogP contribution in [0.5, 0.6) is 0 Å². The molecule has 0 radical (unpaired) electrons. The molecule has 2 aliphatic heterocycles. The zero-order valence-electron chi connectivity index (χ0n) is 15.1. The smallest absolute Gasteiger partial charge is 0.257 e. The van der Waals surface area contributed by atoms with Gasteiger partial charge in [0.2, 0.25) is 10.0 Å². The van der Waals surface area contributed by atoms with Crippen LogP contribution in [0.4, 0.5) is 5.69 Å². The SMILES string of the molecule is CCN(CC)S(=O)(=O)c1ccc2c(c1)CCN2C(=O)C1CNCCO1.Cl. The van der Waals surface area contributed by atoms with Crippen LogP contribution in [0.25, 0.3) is 0 Å². The van der Waals surface area contributed by atoms with Crippen LogP contribution in [0.15, 0.2) is 23.1 Å². The molecule has 0 saturated carbocycles. The summed E-state index contributed by atoms with van der Waals surface area (Å²) in [7, 11) is -3.49. The Kier molecular flexibility index (Phi) is 7.04. The predicted molar refractivity (Wildman–Crippen MR) is 102 cm³/mol. The zero-order valence-corrected chi connectivity index (χ0v) is 16.7. The van der Waals surface area contributed by atoms with Gasteiger partial charge in [0.25, 0.3) is 5.91 Å². The van der Waals surface area contributed by atoms with E-state index in [1.54, 1.807) is 23.1 Å². The predicted octanol–water partition coefficient (Wildman–Crippen LogP) is 1.02. The van der Waals surface area contributed by atoms with Crippen molar-refractivity contribution in [1.29, 1.82) is 0 Å². The van der Waals surface area contributed by atoms with Crippen molar-refractivity contribution in [3.05, 3.63) is 23.8 Å². The number of ether oxygens (including phenoxy) is 1. The van der Waals surface area contributed by atoms with E-state index in [1.165, 1.54) is 4.31 Å². The van der Waals surface area contributed by atoms with Gasteiger partial charge in [-0.1, -0.05) is 13.8 Å². The van der Waals surface area contributed by atoms with Gasteiger partial charge in [0.15, 0.2) is 0 Å². The molecule has 3 rings (SSSR count). The monoisotopic (exact) mass is 403 g/mol. The molecular formula is C17H26ClN3O4S. The Balaban J connectivity index is 0.00000243. The molecule has 1 aromatic rings. The first-order valence-electron chi connectivity index (χ1n) is 8.75. The highest BCUT2D eigenvalue weighted by Gasteiger charge is 2.33. The molecule has 1 aromatic carbocycles. The van der Waals surface area contributed by atoms with Crippen molar-refractivity contribution in [3.63, 3.8) is 0 Å². The Bertz CT molecular complexity index is 746. The molecule has 1 N–H and O–H groups in total. The molecule has 7 nitrogen and oxygen atoms in total. The Morgan fingerprint density at radius 3 is 2.69 bits per heavy atom. The number of hydrogen-bond donors (Lipinski definition) is 1. The zero-order chi connectivity index (χ0) is 18.0. The van der Waals surface area contributed by atoms with Crippen molar-refractivity contribution in [2.75, 3.05) is 44.2 Å². The summed E-state index contributed by atoms with van der Waals surface area (Å²) in [6.45, 7) is 6.88. The third-order valence-electron chi connectivity index (χ3n) is 4.76. The molecule has 2 aliphatic rings. The lowest BCUT2D eigenvalue weighted by atomic mass is 10.2. The van der Waals surface area contributed by atoms with Gasteiger partial charge in [-0.05, 0) is 30.2 Å². The Morgan fingerprint density at radius 1 is 1.35 bits per heavy atom. The number of amides is 1. The normalized spacial score (nSPS) is 20.0. The van der Waals surface area contributed by atoms with Crippen LogP contribution in [0.2, 0.25) is 0 Å². The number of rotatable bonds is 5. The maximum absolute atomic E-state index is 12.7. The molecule has 1 saturated heterocycles. The highest BCUT2D eigenvalue weighted by atomic mass is 35.5. The number of sulfonamides is 1. The van der Waals surface area contributed by atoms with E-state index in [0.717, 1.165) is 17.8 Å². The fraction of sp³-hybridized carbons (Fsp3) is 0.588. The number of nitrogens with one attached hydrogen (secondary N) is 1. The maximum Gasteiger partial charge on any atom is 0.257 e. The quantitative estimate of drug-likeness (QED) is 0.794. The molecule has 1 unspecified atom stereocenters. The van der Waals surface area contributed by atoms with Gasteiger partial charge in [0.05, 0.1) is 11.5 Å². The van der Waals surface area contributed by atoms with Gasteiger partial charge in [-0.2, -0.15) is 4.31 Å². The largest absolute Gasteiger partial charge is 0.366 e. The molecule has 1 atom stereocenters. The average Bonchev–Trinajstić information content (AvgIpc) is 3.06. The highest BCUT2D eigenvalue weighted by Crippen LogP contribution is 2.31. The van der Waals surface area contributed by atoms with Crippen molar-refractivity contribution in [3.8, 4) is 0 Å². The molecule has 0 aromatic heterocycles. The summed E-state index contributed by atoms with van der Waals surface area (Å²) in [6, 6.07) is 5.04. The number of carbonyl (C=O) groups excluding carboxylic acids is 1. The minimum atomic E-state index is -3.49. The molecule has 146 valence electrons. The van der Waals surface area contributed by atoms with Crippen LogP contribution in [0.3, 0.4) is 0 Å². The van der Waals surface area contributed by atoms with Crippen LogP contribution in [-0.2, 0) is 26.0 Å². The summed E-state index contributed by atoms with van der Waals surface area (Å²) in [4.78, 5) is 14.7. The average molecular weight is 404 g/mol. The number of halogens is 1. The number of fused-ring (bicyclic) bond motifs is 1. The number of benzene rings is 1. The second-order valence-electron chi connectivity index (χ2n) is 6.18. The summed E-state index contributed by atoms with van der Waals surface area (Å²) in [5.41, 5.74) is 1.68. The molecular weight excluding hydrogens is 378 g/mol. The fourth-order valence-corrected chi connectivity index (χ4v) is 4.89. The lowest BCUT2D eigenvalue weighted by Crippen LogP contribution is -2.49. The maximum atomic E-state index is 12.7.